The zero-order valence-electron chi connectivity index (χ0n) is 13.2. The molecule has 19 heavy (non-hydrogen) atoms. The van der Waals surface area contributed by atoms with E-state index < -0.39 is 5.60 Å². The van der Waals surface area contributed by atoms with Crippen molar-refractivity contribution in [3.63, 3.8) is 0 Å². The van der Waals surface area contributed by atoms with Gasteiger partial charge in [0.25, 0.3) is 5.91 Å². The van der Waals surface area contributed by atoms with Gasteiger partial charge in [0.15, 0.2) is 5.60 Å². The van der Waals surface area contributed by atoms with Crippen molar-refractivity contribution in [2.75, 3.05) is 32.7 Å². The van der Waals surface area contributed by atoms with Gasteiger partial charge in [0.05, 0.1) is 0 Å². The van der Waals surface area contributed by atoms with E-state index in [2.05, 4.69) is 39.5 Å². The number of carbonyl (C=O) groups excluding carboxylic acids is 1. The Bertz CT molecular complexity index is 308. The molecule has 1 amide bonds. The third kappa shape index (κ3) is 4.46. The van der Waals surface area contributed by atoms with Crippen molar-refractivity contribution in [1.82, 2.24) is 9.80 Å². The van der Waals surface area contributed by atoms with Gasteiger partial charge in [0, 0.05) is 19.6 Å². The van der Waals surface area contributed by atoms with Crippen LogP contribution in [0.2, 0.25) is 0 Å². The lowest BCUT2D eigenvalue weighted by Crippen LogP contribution is -2.59. The lowest BCUT2D eigenvalue weighted by molar-refractivity contribution is -0.160. The van der Waals surface area contributed by atoms with Crippen LogP contribution in [0.5, 0.6) is 0 Å². The van der Waals surface area contributed by atoms with Crippen LogP contribution < -0.4 is 0 Å². The molecule has 1 N–H and O–H groups in total. The fourth-order valence-corrected chi connectivity index (χ4v) is 2.75. The molecule has 4 heteroatoms. The van der Waals surface area contributed by atoms with Gasteiger partial charge in [-0.3, -0.25) is 4.79 Å². The highest BCUT2D eigenvalue weighted by molar-refractivity contribution is 5.86. The normalized spacial score (nSPS) is 25.2. The van der Waals surface area contributed by atoms with Crippen molar-refractivity contribution < 1.29 is 9.90 Å². The van der Waals surface area contributed by atoms with E-state index in [1.807, 2.05) is 4.90 Å². The van der Waals surface area contributed by atoms with E-state index >= 15 is 0 Å². The SMILES string of the molecule is CCN(CC)C[C@]1(O)CCCN(CC(C)(C)C)C1=O. The Kier molecular flexibility index (Phi) is 5.39. The van der Waals surface area contributed by atoms with E-state index in [9.17, 15) is 9.90 Å². The summed E-state index contributed by atoms with van der Waals surface area (Å²) in [5, 5.41) is 10.7. The fraction of sp³-hybridized carbons (Fsp3) is 0.933. The van der Waals surface area contributed by atoms with E-state index in [1.165, 1.54) is 0 Å². The molecule has 0 aromatic heterocycles. The van der Waals surface area contributed by atoms with Crippen LogP contribution in [-0.4, -0.2) is 59.1 Å². The Hall–Kier alpha value is -0.610. The molecule has 4 nitrogen and oxygen atoms in total. The monoisotopic (exact) mass is 270 g/mol. The van der Waals surface area contributed by atoms with E-state index in [1.54, 1.807) is 0 Å². The smallest absolute Gasteiger partial charge is 0.255 e. The summed E-state index contributed by atoms with van der Waals surface area (Å²) >= 11 is 0. The van der Waals surface area contributed by atoms with Gasteiger partial charge in [-0.2, -0.15) is 0 Å². The van der Waals surface area contributed by atoms with Gasteiger partial charge < -0.3 is 14.9 Å². The molecule has 1 heterocycles. The molecule has 1 rings (SSSR count). The van der Waals surface area contributed by atoms with Crippen LogP contribution in [0.15, 0.2) is 0 Å². The van der Waals surface area contributed by atoms with Crippen LogP contribution in [0.25, 0.3) is 0 Å². The lowest BCUT2D eigenvalue weighted by Gasteiger charge is -2.42. The maximum atomic E-state index is 12.5. The minimum atomic E-state index is -1.18. The van der Waals surface area contributed by atoms with Crippen LogP contribution in [0, 0.1) is 5.41 Å². The van der Waals surface area contributed by atoms with Crippen LogP contribution in [-0.2, 0) is 4.79 Å². The second kappa shape index (κ2) is 6.23. The number of nitrogens with zero attached hydrogens (tertiary/aromatic N) is 2. The second-order valence-electron chi connectivity index (χ2n) is 6.88. The topological polar surface area (TPSA) is 43.8 Å². The average molecular weight is 270 g/mol. The summed E-state index contributed by atoms with van der Waals surface area (Å²) in [5.41, 5.74) is -1.11. The lowest BCUT2D eigenvalue weighted by atomic mass is 9.88. The van der Waals surface area contributed by atoms with Crippen molar-refractivity contribution in [1.29, 1.82) is 0 Å². The van der Waals surface area contributed by atoms with Crippen molar-refractivity contribution in [3.8, 4) is 0 Å². The summed E-state index contributed by atoms with van der Waals surface area (Å²) in [7, 11) is 0. The predicted molar refractivity (Wildman–Crippen MR) is 78.0 cm³/mol. The highest BCUT2D eigenvalue weighted by Crippen LogP contribution is 2.27. The molecule has 0 bridgehead atoms. The van der Waals surface area contributed by atoms with Gasteiger partial charge in [0.2, 0.25) is 0 Å². The molecule has 1 saturated heterocycles. The molecular weight excluding hydrogens is 240 g/mol. The largest absolute Gasteiger partial charge is 0.379 e. The maximum Gasteiger partial charge on any atom is 0.255 e. The summed E-state index contributed by atoms with van der Waals surface area (Å²) in [6, 6.07) is 0. The number of amides is 1. The highest BCUT2D eigenvalue weighted by atomic mass is 16.3. The van der Waals surface area contributed by atoms with Crippen molar-refractivity contribution in [2.45, 2.75) is 53.1 Å². The summed E-state index contributed by atoms with van der Waals surface area (Å²) in [6.07, 6.45) is 1.47. The zero-order chi connectivity index (χ0) is 14.7. The highest BCUT2D eigenvalue weighted by Gasteiger charge is 2.43. The zero-order valence-corrected chi connectivity index (χ0v) is 13.2. The van der Waals surface area contributed by atoms with Gasteiger partial charge in [-0.15, -0.1) is 0 Å². The molecule has 0 saturated carbocycles. The van der Waals surface area contributed by atoms with E-state index in [0.717, 1.165) is 26.1 Å². The molecular formula is C15H30N2O2. The number of likely N-dealkylation sites (N-methyl/N-ethyl adjacent to an activating group) is 1. The molecule has 0 aliphatic carbocycles. The predicted octanol–water partition coefficient (Wildman–Crippen LogP) is 1.73. The van der Waals surface area contributed by atoms with Gasteiger partial charge in [-0.05, 0) is 31.3 Å². The van der Waals surface area contributed by atoms with E-state index in [0.29, 0.717) is 19.5 Å². The van der Waals surface area contributed by atoms with Crippen molar-refractivity contribution in [2.24, 2.45) is 5.41 Å². The first-order chi connectivity index (χ1) is 8.72. The first-order valence-corrected chi connectivity index (χ1v) is 7.46. The number of carbonyl (C=O) groups is 1. The summed E-state index contributed by atoms with van der Waals surface area (Å²) in [4.78, 5) is 16.5. The molecule has 0 unspecified atom stereocenters. The molecule has 1 fully saturated rings. The fourth-order valence-electron chi connectivity index (χ4n) is 2.75. The Balaban J connectivity index is 2.76. The van der Waals surface area contributed by atoms with Crippen LogP contribution >= 0.6 is 0 Å². The number of rotatable bonds is 5. The molecule has 0 spiro atoms. The molecule has 1 aliphatic rings. The molecule has 0 radical (unpaired) electrons. The number of hydrogen-bond acceptors (Lipinski definition) is 3. The van der Waals surface area contributed by atoms with Crippen molar-refractivity contribution in [3.05, 3.63) is 0 Å². The van der Waals surface area contributed by atoms with Crippen LogP contribution in [0.3, 0.4) is 0 Å². The Labute approximate surface area is 117 Å². The first kappa shape index (κ1) is 16.4. The minimum Gasteiger partial charge on any atom is -0.379 e. The number of piperidine rings is 1. The van der Waals surface area contributed by atoms with Gasteiger partial charge in [0.1, 0.15) is 0 Å². The van der Waals surface area contributed by atoms with Crippen LogP contribution in [0.1, 0.15) is 47.5 Å². The van der Waals surface area contributed by atoms with Gasteiger partial charge >= 0.3 is 0 Å². The van der Waals surface area contributed by atoms with Gasteiger partial charge in [-0.1, -0.05) is 34.6 Å². The molecule has 1 aliphatic heterocycles. The molecule has 0 aromatic rings. The standard InChI is InChI=1S/C15H30N2O2/c1-6-16(7-2)12-15(19)9-8-10-17(13(15)18)11-14(3,4)5/h19H,6-12H2,1-5H3/t15-/m1/s1. The van der Waals surface area contributed by atoms with Gasteiger partial charge in [-0.25, -0.2) is 0 Å². The quantitative estimate of drug-likeness (QED) is 0.827. The first-order valence-electron chi connectivity index (χ1n) is 7.46. The summed E-state index contributed by atoms with van der Waals surface area (Å²) in [5.74, 6) is -0.0828. The van der Waals surface area contributed by atoms with Crippen LogP contribution in [0.4, 0.5) is 0 Å². The second-order valence-corrected chi connectivity index (χ2v) is 6.88. The number of aliphatic hydroxyl groups is 1. The number of hydrogen-bond donors (Lipinski definition) is 1. The maximum absolute atomic E-state index is 12.5. The third-order valence-electron chi connectivity index (χ3n) is 3.75. The van der Waals surface area contributed by atoms with E-state index in [4.69, 9.17) is 0 Å². The molecule has 112 valence electrons. The Morgan fingerprint density at radius 1 is 1.32 bits per heavy atom. The van der Waals surface area contributed by atoms with Crippen molar-refractivity contribution >= 4 is 5.91 Å². The number of likely N-dealkylation sites (tertiary alicyclic amines) is 1. The van der Waals surface area contributed by atoms with E-state index in [-0.39, 0.29) is 11.3 Å². The third-order valence-corrected chi connectivity index (χ3v) is 3.75. The average Bonchev–Trinajstić information content (AvgIpc) is 2.31. The Morgan fingerprint density at radius 2 is 1.89 bits per heavy atom. The molecule has 0 aromatic carbocycles. The Morgan fingerprint density at radius 3 is 2.37 bits per heavy atom. The summed E-state index contributed by atoms with van der Waals surface area (Å²) < 4.78 is 0. The molecule has 1 atom stereocenters. The minimum absolute atomic E-state index is 0.0725. The summed E-state index contributed by atoms with van der Waals surface area (Å²) in [6.45, 7) is 14.2.